The molecule has 200 valence electrons. The molecule has 3 aromatic heterocycles. The van der Waals surface area contributed by atoms with Crippen LogP contribution in [0.1, 0.15) is 61.5 Å². The topological polar surface area (TPSA) is 145 Å². The standard InChI is InChI=1S/C23H29N5.C5H6N2O2S/c24-23(18-7-3-5-16-6-4-14-25-22(16)18)12-10-17(11-13-23)26-15-21-27-19-8-1-2-9-20(19)28-21;8-10(9)7-5-3-1-2-4-6-5/h1-2,4,6,8-9,14,17-18,26H,3,5,7,10-13,15,24H2,(H,27,28);1-4H,(H,6,7)(H,8,9)/p-1. The minimum Gasteiger partial charge on any atom is -0.755 e. The van der Waals surface area contributed by atoms with Crippen molar-refractivity contribution >= 4 is 28.1 Å². The number of aromatic amines is 1. The maximum absolute atomic E-state index is 10.0. The number of pyridine rings is 2. The molecule has 4 aromatic rings. The van der Waals surface area contributed by atoms with E-state index in [1.54, 1.807) is 18.2 Å². The first-order valence-corrected chi connectivity index (χ1v) is 14.2. The Morgan fingerprint density at radius 1 is 1.03 bits per heavy atom. The molecule has 3 heterocycles. The van der Waals surface area contributed by atoms with Gasteiger partial charge in [-0.05, 0) is 80.8 Å². The number of aryl methyl sites for hydroxylation is 1. The van der Waals surface area contributed by atoms with Crippen molar-refractivity contribution in [3.8, 4) is 0 Å². The van der Waals surface area contributed by atoms with Gasteiger partial charge in [0.2, 0.25) is 0 Å². The number of para-hydroxylation sites is 2. The van der Waals surface area contributed by atoms with E-state index in [9.17, 15) is 8.76 Å². The molecule has 2 aliphatic carbocycles. The molecular formula is C28H34N7O2S-. The smallest absolute Gasteiger partial charge is 0.136 e. The van der Waals surface area contributed by atoms with Crippen molar-refractivity contribution in [1.82, 2.24) is 25.3 Å². The van der Waals surface area contributed by atoms with Crippen LogP contribution in [-0.2, 0) is 24.2 Å². The third kappa shape index (κ3) is 6.44. The summed E-state index contributed by atoms with van der Waals surface area (Å²) in [5, 5.41) is 3.69. The van der Waals surface area contributed by atoms with E-state index in [0.717, 1.165) is 55.5 Å². The third-order valence-corrected chi connectivity index (χ3v) is 8.03. The van der Waals surface area contributed by atoms with E-state index in [4.69, 9.17) is 10.7 Å². The first-order chi connectivity index (χ1) is 18.5. The molecule has 38 heavy (non-hydrogen) atoms. The van der Waals surface area contributed by atoms with Gasteiger partial charge >= 0.3 is 0 Å². The van der Waals surface area contributed by atoms with E-state index in [2.05, 4.69) is 49.3 Å². The number of fused-ring (bicyclic) bond motifs is 2. The zero-order chi connectivity index (χ0) is 26.4. The van der Waals surface area contributed by atoms with Crippen LogP contribution in [0.3, 0.4) is 0 Å². The number of hydrogen-bond donors (Lipinski definition) is 4. The molecule has 1 saturated carbocycles. The van der Waals surface area contributed by atoms with Crippen molar-refractivity contribution in [3.63, 3.8) is 0 Å². The number of rotatable bonds is 6. The molecule has 2 atom stereocenters. The van der Waals surface area contributed by atoms with Gasteiger partial charge in [-0.3, -0.25) is 9.19 Å². The van der Waals surface area contributed by atoms with Gasteiger partial charge in [-0.1, -0.05) is 24.3 Å². The Hall–Kier alpha value is -3.18. The largest absolute Gasteiger partial charge is 0.755 e. The zero-order valence-corrected chi connectivity index (χ0v) is 22.1. The monoisotopic (exact) mass is 532 g/mol. The highest BCUT2D eigenvalue weighted by molar-refractivity contribution is 7.80. The van der Waals surface area contributed by atoms with Crippen LogP contribution < -0.4 is 15.8 Å². The molecule has 0 spiro atoms. The van der Waals surface area contributed by atoms with Gasteiger partial charge in [0.25, 0.3) is 0 Å². The highest BCUT2D eigenvalue weighted by atomic mass is 32.2. The summed E-state index contributed by atoms with van der Waals surface area (Å²) in [5.41, 5.74) is 11.7. The van der Waals surface area contributed by atoms with E-state index in [-0.39, 0.29) is 5.54 Å². The number of nitrogens with one attached hydrogen (secondary N) is 3. The van der Waals surface area contributed by atoms with E-state index in [1.165, 1.54) is 30.3 Å². The summed E-state index contributed by atoms with van der Waals surface area (Å²) in [6.45, 7) is 0.782. The molecule has 0 saturated heterocycles. The molecule has 10 heteroatoms. The van der Waals surface area contributed by atoms with Crippen LogP contribution in [0.25, 0.3) is 11.0 Å². The number of nitrogens with zero attached hydrogens (tertiary/aromatic N) is 3. The number of benzene rings is 1. The summed E-state index contributed by atoms with van der Waals surface area (Å²) in [6, 6.07) is 18.0. The summed E-state index contributed by atoms with van der Waals surface area (Å²) in [6.07, 6.45) is 11.4. The highest BCUT2D eigenvalue weighted by Crippen LogP contribution is 2.43. The Balaban J connectivity index is 0.000000249. The second-order valence-corrected chi connectivity index (χ2v) is 10.8. The molecule has 9 nitrogen and oxygen atoms in total. The lowest BCUT2D eigenvalue weighted by Crippen LogP contribution is -2.52. The molecule has 0 aliphatic heterocycles. The number of imidazole rings is 1. The summed E-state index contributed by atoms with van der Waals surface area (Å²) >= 11 is -2.28. The van der Waals surface area contributed by atoms with Crippen LogP contribution in [0.5, 0.6) is 0 Å². The molecule has 5 N–H and O–H groups in total. The van der Waals surface area contributed by atoms with Crippen molar-refractivity contribution in [2.24, 2.45) is 5.73 Å². The van der Waals surface area contributed by atoms with Crippen molar-refractivity contribution in [1.29, 1.82) is 0 Å². The Labute approximate surface area is 225 Å². The Morgan fingerprint density at radius 2 is 1.82 bits per heavy atom. The van der Waals surface area contributed by atoms with E-state index >= 15 is 0 Å². The predicted octanol–water partition coefficient (Wildman–Crippen LogP) is 4.10. The van der Waals surface area contributed by atoms with Gasteiger partial charge in [0.05, 0.1) is 17.6 Å². The van der Waals surface area contributed by atoms with Crippen LogP contribution >= 0.6 is 0 Å². The van der Waals surface area contributed by atoms with Gasteiger partial charge < -0.3 is 25.3 Å². The normalized spacial score (nSPS) is 23.6. The molecule has 0 radical (unpaired) electrons. The van der Waals surface area contributed by atoms with Gasteiger partial charge in [-0.15, -0.1) is 0 Å². The lowest BCUT2D eigenvalue weighted by atomic mass is 9.66. The number of nitrogens with two attached hydrogens (primary N) is 1. The van der Waals surface area contributed by atoms with Crippen LogP contribution in [0.15, 0.2) is 67.0 Å². The first kappa shape index (κ1) is 26.4. The van der Waals surface area contributed by atoms with Crippen LogP contribution in [0.4, 0.5) is 5.82 Å². The molecular weight excluding hydrogens is 498 g/mol. The average molecular weight is 533 g/mol. The van der Waals surface area contributed by atoms with Gasteiger partial charge in [0, 0.05) is 46.9 Å². The number of aromatic nitrogens is 4. The minimum absolute atomic E-state index is 0.110. The zero-order valence-electron chi connectivity index (χ0n) is 21.3. The lowest BCUT2D eigenvalue weighted by molar-refractivity contribution is 0.197. The van der Waals surface area contributed by atoms with E-state index < -0.39 is 11.3 Å². The molecule has 6 rings (SSSR count). The number of anilines is 1. The van der Waals surface area contributed by atoms with E-state index in [1.807, 2.05) is 18.3 Å². The lowest BCUT2D eigenvalue weighted by Gasteiger charge is -2.44. The van der Waals surface area contributed by atoms with Gasteiger partial charge in [0.15, 0.2) is 0 Å². The maximum Gasteiger partial charge on any atom is 0.136 e. The minimum atomic E-state index is -2.28. The summed E-state index contributed by atoms with van der Waals surface area (Å²) in [7, 11) is 0. The maximum atomic E-state index is 10.0. The summed E-state index contributed by atoms with van der Waals surface area (Å²) in [5.74, 6) is 1.75. The van der Waals surface area contributed by atoms with Crippen LogP contribution in [-0.4, -0.2) is 40.3 Å². The highest BCUT2D eigenvalue weighted by Gasteiger charge is 2.41. The SMILES string of the molecule is NC1(C2CCCc3cccnc32)CCC(NCc2nc3ccccc3[nH]2)CC1.O=S([O-])Nc1ccccn1. The predicted molar refractivity (Wildman–Crippen MR) is 149 cm³/mol. The van der Waals surface area contributed by atoms with Crippen molar-refractivity contribution in [2.75, 3.05) is 4.72 Å². The average Bonchev–Trinajstić information content (AvgIpc) is 3.36. The van der Waals surface area contributed by atoms with E-state index in [0.29, 0.717) is 17.8 Å². The first-order valence-electron chi connectivity index (χ1n) is 13.2. The van der Waals surface area contributed by atoms with Crippen molar-refractivity contribution < 1.29 is 8.76 Å². The molecule has 1 fully saturated rings. The molecule has 1 aromatic carbocycles. The number of H-pyrrole nitrogens is 1. The summed E-state index contributed by atoms with van der Waals surface area (Å²) < 4.78 is 22.1. The number of hydrogen-bond acceptors (Lipinski definition) is 7. The molecule has 0 amide bonds. The van der Waals surface area contributed by atoms with Gasteiger partial charge in [-0.2, -0.15) is 0 Å². The van der Waals surface area contributed by atoms with Gasteiger partial charge in [-0.25, -0.2) is 9.97 Å². The molecule has 0 bridgehead atoms. The van der Waals surface area contributed by atoms with Crippen molar-refractivity contribution in [2.45, 2.75) is 69.0 Å². The fourth-order valence-electron chi connectivity index (χ4n) is 5.72. The van der Waals surface area contributed by atoms with Crippen molar-refractivity contribution in [3.05, 3.63) is 84.1 Å². The van der Waals surface area contributed by atoms with Crippen LogP contribution in [0.2, 0.25) is 0 Å². The fraction of sp³-hybridized carbons (Fsp3) is 0.393. The summed E-state index contributed by atoms with van der Waals surface area (Å²) in [4.78, 5) is 16.5. The Kier molecular flexibility index (Phi) is 8.43. The van der Waals surface area contributed by atoms with Crippen LogP contribution in [0, 0.1) is 0 Å². The fourth-order valence-corrected chi connectivity index (χ4v) is 6.01. The Bertz CT molecular complexity index is 1320. The second kappa shape index (κ2) is 12.1. The molecule has 2 aliphatic rings. The molecule has 2 unspecified atom stereocenters. The Morgan fingerprint density at radius 3 is 2.58 bits per heavy atom. The van der Waals surface area contributed by atoms with Gasteiger partial charge in [0.1, 0.15) is 11.6 Å². The third-order valence-electron chi connectivity index (χ3n) is 7.65. The quantitative estimate of drug-likeness (QED) is 0.274. The second-order valence-electron chi connectivity index (χ2n) is 10.1.